The van der Waals surface area contributed by atoms with Crippen molar-refractivity contribution in [1.82, 2.24) is 5.32 Å². The topological polar surface area (TPSA) is 29.1 Å². The van der Waals surface area contributed by atoms with Gasteiger partial charge >= 0.3 is 0 Å². The number of rotatable bonds is 5. The molecule has 0 saturated heterocycles. The molecule has 0 saturated carbocycles. The summed E-state index contributed by atoms with van der Waals surface area (Å²) >= 11 is 9.15. The van der Waals surface area contributed by atoms with Crippen molar-refractivity contribution in [2.24, 2.45) is 0 Å². The van der Waals surface area contributed by atoms with Crippen molar-refractivity contribution < 1.29 is 4.79 Å². The van der Waals surface area contributed by atoms with Crippen molar-refractivity contribution in [3.8, 4) is 0 Å². The summed E-state index contributed by atoms with van der Waals surface area (Å²) in [7, 11) is 0. The summed E-state index contributed by atoms with van der Waals surface area (Å²) in [4.78, 5) is 12.1. The molecule has 2 nitrogen and oxygen atoms in total. The van der Waals surface area contributed by atoms with Gasteiger partial charge in [-0.2, -0.15) is 0 Å². The quantitative estimate of drug-likeness (QED) is 0.820. The summed E-state index contributed by atoms with van der Waals surface area (Å²) in [6, 6.07) is 5.82. The van der Waals surface area contributed by atoms with Gasteiger partial charge in [-0.05, 0) is 47.3 Å². The Bertz CT molecular complexity index is 395. The molecule has 1 aromatic carbocycles. The maximum Gasteiger partial charge on any atom is 0.252 e. The fourth-order valence-electron chi connectivity index (χ4n) is 1.60. The first-order valence-corrected chi connectivity index (χ1v) is 7.04. The molecule has 0 aliphatic carbocycles. The van der Waals surface area contributed by atoms with E-state index in [1.54, 1.807) is 0 Å². The van der Waals surface area contributed by atoms with Gasteiger partial charge in [-0.25, -0.2) is 0 Å². The number of benzene rings is 1. The molecule has 1 N–H and O–H groups in total. The average molecular weight is 319 g/mol. The van der Waals surface area contributed by atoms with Gasteiger partial charge in [0.15, 0.2) is 0 Å². The van der Waals surface area contributed by atoms with Gasteiger partial charge in [-0.15, -0.1) is 11.6 Å². The van der Waals surface area contributed by atoms with Gasteiger partial charge in [0.05, 0.1) is 5.56 Å². The van der Waals surface area contributed by atoms with Gasteiger partial charge in [-0.3, -0.25) is 4.79 Å². The van der Waals surface area contributed by atoms with Crippen molar-refractivity contribution in [3.05, 3.63) is 33.8 Å². The van der Waals surface area contributed by atoms with Gasteiger partial charge in [-0.1, -0.05) is 19.1 Å². The van der Waals surface area contributed by atoms with Crippen LogP contribution in [-0.2, 0) is 0 Å². The zero-order chi connectivity index (χ0) is 12.8. The number of hydrogen-bond donors (Lipinski definition) is 1. The number of carbonyl (C=O) groups is 1. The molecule has 1 atom stereocenters. The zero-order valence-corrected chi connectivity index (χ0v) is 12.4. The Labute approximate surface area is 116 Å². The summed E-state index contributed by atoms with van der Waals surface area (Å²) in [5.41, 5.74) is 1.74. The van der Waals surface area contributed by atoms with E-state index >= 15 is 0 Å². The van der Waals surface area contributed by atoms with E-state index in [-0.39, 0.29) is 11.9 Å². The van der Waals surface area contributed by atoms with E-state index in [0.717, 1.165) is 22.9 Å². The lowest BCUT2D eigenvalue weighted by atomic mass is 10.1. The monoisotopic (exact) mass is 317 g/mol. The second-order valence-corrected chi connectivity index (χ2v) is 5.16. The van der Waals surface area contributed by atoms with Gasteiger partial charge in [0.1, 0.15) is 0 Å². The van der Waals surface area contributed by atoms with Crippen LogP contribution in [0, 0.1) is 6.92 Å². The van der Waals surface area contributed by atoms with Crippen molar-refractivity contribution >= 4 is 33.4 Å². The summed E-state index contributed by atoms with van der Waals surface area (Å²) in [6.07, 6.45) is 1.69. The Morgan fingerprint density at radius 1 is 1.53 bits per heavy atom. The van der Waals surface area contributed by atoms with Crippen LogP contribution in [0.25, 0.3) is 0 Å². The standard InChI is InChI=1S/C13H17BrClNO/c1-3-10(7-8-15)16-13(17)11-6-4-5-9(2)12(11)14/h4-6,10H,3,7-8H2,1-2H3,(H,16,17). The van der Waals surface area contributed by atoms with E-state index in [1.807, 2.05) is 32.0 Å². The maximum atomic E-state index is 12.1. The number of halogens is 2. The van der Waals surface area contributed by atoms with E-state index < -0.39 is 0 Å². The second-order valence-electron chi connectivity index (χ2n) is 3.99. The van der Waals surface area contributed by atoms with Crippen LogP contribution in [0.5, 0.6) is 0 Å². The molecule has 0 heterocycles. The third kappa shape index (κ3) is 4.00. The first-order chi connectivity index (χ1) is 8.10. The molecule has 1 aromatic rings. The minimum Gasteiger partial charge on any atom is -0.349 e. The van der Waals surface area contributed by atoms with Crippen LogP contribution in [-0.4, -0.2) is 17.8 Å². The minimum atomic E-state index is -0.0439. The Kier molecular flexibility index (Phi) is 6.00. The molecule has 0 spiro atoms. The van der Waals surface area contributed by atoms with Crippen molar-refractivity contribution in [3.63, 3.8) is 0 Å². The Hall–Kier alpha value is -0.540. The third-order valence-electron chi connectivity index (χ3n) is 2.72. The molecule has 17 heavy (non-hydrogen) atoms. The second kappa shape index (κ2) is 7.02. The van der Waals surface area contributed by atoms with E-state index in [2.05, 4.69) is 21.2 Å². The predicted molar refractivity (Wildman–Crippen MR) is 75.8 cm³/mol. The van der Waals surface area contributed by atoms with Crippen LogP contribution < -0.4 is 5.32 Å². The lowest BCUT2D eigenvalue weighted by Crippen LogP contribution is -2.34. The van der Waals surface area contributed by atoms with Crippen molar-refractivity contribution in [1.29, 1.82) is 0 Å². The average Bonchev–Trinajstić information content (AvgIpc) is 2.31. The molecule has 1 unspecified atom stereocenters. The first-order valence-electron chi connectivity index (χ1n) is 5.72. The molecule has 0 aliphatic rings. The number of nitrogens with one attached hydrogen (secondary N) is 1. The summed E-state index contributed by atoms with van der Waals surface area (Å²) < 4.78 is 0.859. The van der Waals surface area contributed by atoms with Gasteiger partial charge < -0.3 is 5.32 Å². The van der Waals surface area contributed by atoms with Crippen LogP contribution in [0.3, 0.4) is 0 Å². The molecular weight excluding hydrogens is 302 g/mol. The van der Waals surface area contributed by atoms with Gasteiger partial charge in [0, 0.05) is 16.4 Å². The lowest BCUT2D eigenvalue weighted by molar-refractivity contribution is 0.0934. The molecule has 1 amide bonds. The van der Waals surface area contributed by atoms with Crippen LogP contribution in [0.4, 0.5) is 0 Å². The highest BCUT2D eigenvalue weighted by Gasteiger charge is 2.14. The minimum absolute atomic E-state index is 0.0439. The summed E-state index contributed by atoms with van der Waals surface area (Å²) in [5, 5.41) is 3.00. The Balaban J connectivity index is 2.79. The van der Waals surface area contributed by atoms with E-state index in [1.165, 1.54) is 0 Å². The SMILES string of the molecule is CCC(CCCl)NC(=O)c1cccc(C)c1Br. The molecule has 4 heteroatoms. The molecule has 0 aliphatic heterocycles. The molecule has 94 valence electrons. The Morgan fingerprint density at radius 2 is 2.24 bits per heavy atom. The number of alkyl halides is 1. The van der Waals surface area contributed by atoms with Crippen molar-refractivity contribution in [2.45, 2.75) is 32.7 Å². The highest BCUT2D eigenvalue weighted by Crippen LogP contribution is 2.21. The number of aryl methyl sites for hydroxylation is 1. The third-order valence-corrected chi connectivity index (χ3v) is 3.99. The lowest BCUT2D eigenvalue weighted by Gasteiger charge is -2.16. The molecule has 1 rings (SSSR count). The van der Waals surface area contributed by atoms with Gasteiger partial charge in [0.2, 0.25) is 0 Å². The fraction of sp³-hybridized carbons (Fsp3) is 0.462. The van der Waals surface area contributed by atoms with Crippen LogP contribution in [0.1, 0.15) is 35.7 Å². The molecule has 0 aromatic heterocycles. The predicted octanol–water partition coefficient (Wildman–Crippen LogP) is 3.89. The van der Waals surface area contributed by atoms with Crippen molar-refractivity contribution in [2.75, 3.05) is 5.88 Å². The molecule has 0 bridgehead atoms. The zero-order valence-electron chi connectivity index (χ0n) is 10.1. The number of hydrogen-bond acceptors (Lipinski definition) is 1. The number of amides is 1. The molecular formula is C13H17BrClNO. The largest absolute Gasteiger partial charge is 0.349 e. The first kappa shape index (κ1) is 14.5. The van der Waals surface area contributed by atoms with Crippen LogP contribution in [0.2, 0.25) is 0 Å². The Morgan fingerprint density at radius 3 is 2.82 bits per heavy atom. The fourth-order valence-corrected chi connectivity index (χ4v) is 2.30. The highest BCUT2D eigenvalue weighted by atomic mass is 79.9. The van der Waals surface area contributed by atoms with Crippen LogP contribution in [0.15, 0.2) is 22.7 Å². The maximum absolute atomic E-state index is 12.1. The van der Waals surface area contributed by atoms with E-state index in [0.29, 0.717) is 11.4 Å². The van der Waals surface area contributed by atoms with E-state index in [4.69, 9.17) is 11.6 Å². The van der Waals surface area contributed by atoms with Crippen LogP contribution >= 0.6 is 27.5 Å². The normalized spacial score (nSPS) is 12.2. The number of carbonyl (C=O) groups excluding carboxylic acids is 1. The van der Waals surface area contributed by atoms with Gasteiger partial charge in [0.25, 0.3) is 5.91 Å². The smallest absolute Gasteiger partial charge is 0.252 e. The molecule has 0 radical (unpaired) electrons. The van der Waals surface area contributed by atoms with E-state index in [9.17, 15) is 4.79 Å². The molecule has 0 fully saturated rings. The summed E-state index contributed by atoms with van der Waals surface area (Å²) in [5.74, 6) is 0.519. The summed E-state index contributed by atoms with van der Waals surface area (Å²) in [6.45, 7) is 4.01. The highest BCUT2D eigenvalue weighted by molar-refractivity contribution is 9.10.